The molecule has 4 heteroatoms. The van der Waals surface area contributed by atoms with Gasteiger partial charge in [0, 0.05) is 13.2 Å². The van der Waals surface area contributed by atoms with Crippen LogP contribution in [0.4, 0.5) is 0 Å². The maximum atomic E-state index is 5.55. The van der Waals surface area contributed by atoms with Gasteiger partial charge in [0.1, 0.15) is 6.79 Å². The van der Waals surface area contributed by atoms with Crippen molar-refractivity contribution in [3.63, 3.8) is 0 Å². The first-order valence-electron chi connectivity index (χ1n) is 9.64. The van der Waals surface area contributed by atoms with E-state index in [4.69, 9.17) is 9.47 Å². The van der Waals surface area contributed by atoms with Crippen LogP contribution in [0.3, 0.4) is 0 Å². The van der Waals surface area contributed by atoms with Crippen molar-refractivity contribution in [1.82, 2.24) is 0 Å². The molecule has 2 nitrogen and oxygen atoms in total. The van der Waals surface area contributed by atoms with Gasteiger partial charge < -0.3 is 32.9 Å². The number of unbranched alkanes of at least 4 members (excludes halogenated alkanes) is 5. The molecule has 0 saturated heterocycles. The van der Waals surface area contributed by atoms with Crippen LogP contribution < -0.4 is 17.0 Å². The monoisotopic (exact) mass is 416 g/mol. The molecule has 24 heavy (non-hydrogen) atoms. The Morgan fingerprint density at radius 3 is 2.04 bits per heavy atom. The minimum absolute atomic E-state index is 0. The SMILES string of the molecule is C[CH-]CC(C)CC(C)CCCOCOCCCCCCCC.[Br-].[Mg+2]. The number of rotatable bonds is 17. The second-order valence-corrected chi connectivity index (χ2v) is 6.93. The smallest absolute Gasteiger partial charge is 1.00 e. The summed E-state index contributed by atoms with van der Waals surface area (Å²) >= 11 is 0. The molecular weight excluding hydrogens is 376 g/mol. The van der Waals surface area contributed by atoms with E-state index in [2.05, 4.69) is 34.1 Å². The Morgan fingerprint density at radius 1 is 0.833 bits per heavy atom. The van der Waals surface area contributed by atoms with E-state index in [0.717, 1.165) is 31.5 Å². The number of hydrogen-bond acceptors (Lipinski definition) is 2. The molecule has 0 fully saturated rings. The molecule has 0 aliphatic rings. The van der Waals surface area contributed by atoms with Gasteiger partial charge in [-0.1, -0.05) is 65.2 Å². The van der Waals surface area contributed by atoms with Crippen molar-refractivity contribution < 1.29 is 26.5 Å². The molecule has 0 bridgehead atoms. The Labute approximate surface area is 179 Å². The van der Waals surface area contributed by atoms with Gasteiger partial charge in [-0.2, -0.15) is 13.3 Å². The van der Waals surface area contributed by atoms with E-state index in [0.29, 0.717) is 6.79 Å². The van der Waals surface area contributed by atoms with Gasteiger partial charge in [0.15, 0.2) is 0 Å². The maximum Gasteiger partial charge on any atom is 2.00 e. The molecule has 0 spiro atoms. The van der Waals surface area contributed by atoms with Gasteiger partial charge in [0.25, 0.3) is 0 Å². The first-order chi connectivity index (χ1) is 10.7. The van der Waals surface area contributed by atoms with Crippen molar-refractivity contribution >= 4 is 23.1 Å². The van der Waals surface area contributed by atoms with E-state index in [-0.39, 0.29) is 40.0 Å². The van der Waals surface area contributed by atoms with E-state index in [1.54, 1.807) is 0 Å². The summed E-state index contributed by atoms with van der Waals surface area (Å²) in [5.41, 5.74) is 0. The summed E-state index contributed by atoms with van der Waals surface area (Å²) in [5.74, 6) is 1.63. The summed E-state index contributed by atoms with van der Waals surface area (Å²) in [7, 11) is 0. The summed E-state index contributed by atoms with van der Waals surface area (Å²) in [5, 5.41) is 0. The van der Waals surface area contributed by atoms with Gasteiger partial charge in [-0.25, -0.2) is 0 Å². The van der Waals surface area contributed by atoms with Gasteiger partial charge in [-0.05, 0) is 25.2 Å². The first-order valence-corrected chi connectivity index (χ1v) is 9.64. The summed E-state index contributed by atoms with van der Waals surface area (Å²) < 4.78 is 11.1. The third-order valence-electron chi connectivity index (χ3n) is 4.24. The zero-order valence-corrected chi connectivity index (χ0v) is 19.8. The van der Waals surface area contributed by atoms with E-state index >= 15 is 0 Å². The largest absolute Gasteiger partial charge is 2.00 e. The predicted molar refractivity (Wildman–Crippen MR) is 103 cm³/mol. The average Bonchev–Trinajstić information content (AvgIpc) is 2.48. The Bertz CT molecular complexity index is 218. The topological polar surface area (TPSA) is 18.5 Å². The van der Waals surface area contributed by atoms with Crippen molar-refractivity contribution in [3.05, 3.63) is 6.42 Å². The molecule has 2 atom stereocenters. The standard InChI is InChI=1S/C20H41O2.BrH.Mg/c1-5-7-8-9-10-11-15-21-18-22-16-12-14-20(4)17-19(3)13-6-2;;/h6,19-20H,5,7-18H2,1-4H3;1H;/q-1;;+2/p-1. The third-order valence-corrected chi connectivity index (χ3v) is 4.24. The molecule has 0 heterocycles. The first kappa shape index (κ1) is 29.9. The van der Waals surface area contributed by atoms with E-state index in [1.165, 1.54) is 57.8 Å². The maximum absolute atomic E-state index is 5.55. The minimum atomic E-state index is 0. The van der Waals surface area contributed by atoms with Crippen LogP contribution in [-0.2, 0) is 9.47 Å². The van der Waals surface area contributed by atoms with E-state index in [1.807, 2.05) is 0 Å². The fraction of sp³-hybridized carbons (Fsp3) is 0.950. The molecule has 2 unspecified atom stereocenters. The van der Waals surface area contributed by atoms with Crippen LogP contribution in [-0.4, -0.2) is 43.1 Å². The molecule has 0 aromatic rings. The van der Waals surface area contributed by atoms with Gasteiger partial charge in [0.2, 0.25) is 0 Å². The second kappa shape index (κ2) is 24.2. The molecule has 0 aliphatic heterocycles. The molecule has 0 radical (unpaired) electrons. The van der Waals surface area contributed by atoms with Gasteiger partial charge >= 0.3 is 23.1 Å². The van der Waals surface area contributed by atoms with Crippen LogP contribution in [0.25, 0.3) is 0 Å². The normalized spacial score (nSPS) is 13.0. The summed E-state index contributed by atoms with van der Waals surface area (Å²) in [6.45, 7) is 11.3. The average molecular weight is 418 g/mol. The van der Waals surface area contributed by atoms with Crippen molar-refractivity contribution in [2.45, 2.75) is 91.9 Å². The summed E-state index contributed by atoms with van der Waals surface area (Å²) in [4.78, 5) is 0. The van der Waals surface area contributed by atoms with Crippen LogP contribution in [0.1, 0.15) is 91.9 Å². The third kappa shape index (κ3) is 23.2. The molecule has 142 valence electrons. The van der Waals surface area contributed by atoms with E-state index < -0.39 is 0 Å². The molecule has 0 aliphatic carbocycles. The quantitative estimate of drug-likeness (QED) is 0.157. The van der Waals surface area contributed by atoms with Crippen LogP contribution in [0.2, 0.25) is 0 Å². The van der Waals surface area contributed by atoms with Gasteiger partial charge in [-0.15, -0.1) is 0 Å². The van der Waals surface area contributed by atoms with Crippen LogP contribution in [0, 0.1) is 18.3 Å². The fourth-order valence-corrected chi connectivity index (χ4v) is 3.00. The Kier molecular flexibility index (Phi) is 30.1. The van der Waals surface area contributed by atoms with Crippen molar-refractivity contribution in [3.8, 4) is 0 Å². The minimum Gasteiger partial charge on any atom is -1.00 e. The zero-order valence-electron chi connectivity index (χ0n) is 16.8. The van der Waals surface area contributed by atoms with Crippen molar-refractivity contribution in [1.29, 1.82) is 0 Å². The summed E-state index contributed by atoms with van der Waals surface area (Å²) in [6, 6.07) is 0. The Balaban J connectivity index is -0.00000220. The Morgan fingerprint density at radius 2 is 1.42 bits per heavy atom. The van der Waals surface area contributed by atoms with Gasteiger partial charge in [0.05, 0.1) is 0 Å². The van der Waals surface area contributed by atoms with Crippen LogP contribution >= 0.6 is 0 Å². The molecule has 0 saturated carbocycles. The van der Waals surface area contributed by atoms with Crippen molar-refractivity contribution in [2.75, 3.05) is 20.0 Å². The zero-order chi connectivity index (χ0) is 16.5. The fourth-order valence-electron chi connectivity index (χ4n) is 3.00. The molecular formula is C20H41BrMgO2. The molecule has 0 amide bonds. The number of ether oxygens (including phenoxy) is 2. The van der Waals surface area contributed by atoms with Gasteiger partial charge in [-0.3, -0.25) is 0 Å². The molecule has 0 aromatic carbocycles. The molecule has 0 N–H and O–H groups in total. The molecule has 0 rings (SSSR count). The number of hydrogen-bond donors (Lipinski definition) is 0. The summed E-state index contributed by atoms with van der Waals surface area (Å²) in [6.07, 6.45) is 15.2. The van der Waals surface area contributed by atoms with Crippen LogP contribution in [0.15, 0.2) is 0 Å². The Hall–Kier alpha value is 1.17. The molecule has 0 aromatic heterocycles. The van der Waals surface area contributed by atoms with Crippen molar-refractivity contribution in [2.24, 2.45) is 11.8 Å². The number of halogens is 1. The predicted octanol–water partition coefficient (Wildman–Crippen LogP) is 3.02. The second-order valence-electron chi connectivity index (χ2n) is 6.93. The van der Waals surface area contributed by atoms with Crippen LogP contribution in [0.5, 0.6) is 0 Å². The van der Waals surface area contributed by atoms with E-state index in [9.17, 15) is 0 Å².